The van der Waals surface area contributed by atoms with Crippen LogP contribution in [0.5, 0.6) is 0 Å². The predicted molar refractivity (Wildman–Crippen MR) is 78.7 cm³/mol. The number of hydrogen-bond donors (Lipinski definition) is 1. The Bertz CT molecular complexity index is 499. The van der Waals surface area contributed by atoms with Gasteiger partial charge < -0.3 is 15.5 Å². The van der Waals surface area contributed by atoms with Crippen molar-refractivity contribution in [2.45, 2.75) is 18.9 Å². The van der Waals surface area contributed by atoms with Crippen molar-refractivity contribution in [3.63, 3.8) is 0 Å². The number of anilines is 1. The first-order chi connectivity index (χ1) is 9.56. The Hall–Kier alpha value is -1.62. The van der Waals surface area contributed by atoms with Crippen LogP contribution in [0, 0.1) is 11.8 Å². The third kappa shape index (κ3) is 2.26. The summed E-state index contributed by atoms with van der Waals surface area (Å²) >= 11 is 0. The van der Waals surface area contributed by atoms with Gasteiger partial charge in [-0.15, -0.1) is 0 Å². The van der Waals surface area contributed by atoms with E-state index < -0.39 is 0 Å². The summed E-state index contributed by atoms with van der Waals surface area (Å²) in [4.78, 5) is 20.7. The molecule has 0 bridgehead atoms. The van der Waals surface area contributed by atoms with Crippen LogP contribution in [0.3, 0.4) is 0 Å². The maximum absolute atomic E-state index is 12.5. The summed E-state index contributed by atoms with van der Waals surface area (Å²) in [7, 11) is 3.87. The number of amides is 1. The minimum atomic E-state index is 0.0874. The molecule has 1 saturated carbocycles. The van der Waals surface area contributed by atoms with E-state index in [1.165, 1.54) is 0 Å². The topological polar surface area (TPSA) is 62.5 Å². The van der Waals surface area contributed by atoms with E-state index in [4.69, 9.17) is 5.73 Å². The molecule has 1 aliphatic heterocycles. The van der Waals surface area contributed by atoms with Crippen LogP contribution in [-0.2, 0) is 0 Å². The molecule has 0 aromatic carbocycles. The molecule has 3 unspecified atom stereocenters. The van der Waals surface area contributed by atoms with Crippen LogP contribution >= 0.6 is 0 Å². The fourth-order valence-corrected chi connectivity index (χ4v) is 3.43. The fourth-order valence-electron chi connectivity index (χ4n) is 3.43. The molecule has 1 aliphatic carbocycles. The van der Waals surface area contributed by atoms with Gasteiger partial charge in [-0.1, -0.05) is 0 Å². The van der Waals surface area contributed by atoms with Crippen molar-refractivity contribution in [2.24, 2.45) is 17.6 Å². The van der Waals surface area contributed by atoms with E-state index in [1.807, 2.05) is 36.0 Å². The highest BCUT2D eigenvalue weighted by atomic mass is 16.2. The summed E-state index contributed by atoms with van der Waals surface area (Å²) in [6, 6.07) is 4.02. The average molecular weight is 274 g/mol. The van der Waals surface area contributed by atoms with Gasteiger partial charge in [0.2, 0.25) is 0 Å². The highest BCUT2D eigenvalue weighted by molar-refractivity contribution is 5.94. The lowest BCUT2D eigenvalue weighted by Crippen LogP contribution is -2.33. The summed E-state index contributed by atoms with van der Waals surface area (Å²) < 4.78 is 0. The Morgan fingerprint density at radius 1 is 1.35 bits per heavy atom. The number of rotatable bonds is 2. The maximum Gasteiger partial charge on any atom is 0.255 e. The van der Waals surface area contributed by atoms with Gasteiger partial charge in [0.15, 0.2) is 0 Å². The van der Waals surface area contributed by atoms with E-state index >= 15 is 0 Å². The summed E-state index contributed by atoms with van der Waals surface area (Å²) in [6.07, 6.45) is 3.94. The highest BCUT2D eigenvalue weighted by Gasteiger charge is 2.42. The number of likely N-dealkylation sites (tertiary alicyclic amines) is 1. The minimum absolute atomic E-state index is 0.0874. The quantitative estimate of drug-likeness (QED) is 0.872. The molecule has 0 spiro atoms. The molecule has 2 heterocycles. The van der Waals surface area contributed by atoms with E-state index in [1.54, 1.807) is 6.20 Å². The van der Waals surface area contributed by atoms with Gasteiger partial charge in [0.25, 0.3) is 5.91 Å². The van der Waals surface area contributed by atoms with Crippen LogP contribution < -0.4 is 10.6 Å². The number of carbonyl (C=O) groups is 1. The summed E-state index contributed by atoms with van der Waals surface area (Å²) in [6.45, 7) is 1.66. The third-order valence-corrected chi connectivity index (χ3v) is 4.65. The van der Waals surface area contributed by atoms with Crippen molar-refractivity contribution in [3.05, 3.63) is 23.9 Å². The van der Waals surface area contributed by atoms with Crippen molar-refractivity contribution in [2.75, 3.05) is 32.1 Å². The fraction of sp³-hybridized carbons (Fsp3) is 0.600. The van der Waals surface area contributed by atoms with Crippen LogP contribution in [-0.4, -0.2) is 49.0 Å². The maximum atomic E-state index is 12.5. The van der Waals surface area contributed by atoms with E-state index in [9.17, 15) is 4.79 Å². The van der Waals surface area contributed by atoms with Gasteiger partial charge >= 0.3 is 0 Å². The molecule has 2 aliphatic rings. The predicted octanol–water partition coefficient (Wildman–Crippen LogP) is 0.957. The lowest BCUT2D eigenvalue weighted by atomic mass is 9.98. The summed E-state index contributed by atoms with van der Waals surface area (Å²) in [5.74, 6) is 2.04. The van der Waals surface area contributed by atoms with Gasteiger partial charge in [-0.2, -0.15) is 0 Å². The summed E-state index contributed by atoms with van der Waals surface area (Å²) in [5, 5.41) is 0. The molecule has 1 aromatic heterocycles. The minimum Gasteiger partial charge on any atom is -0.363 e. The number of hydrogen-bond acceptors (Lipinski definition) is 4. The van der Waals surface area contributed by atoms with Crippen molar-refractivity contribution in [1.29, 1.82) is 0 Å². The number of pyridine rings is 1. The smallest absolute Gasteiger partial charge is 0.255 e. The second-order valence-electron chi connectivity index (χ2n) is 6.17. The average Bonchev–Trinajstić information content (AvgIpc) is 3.01. The van der Waals surface area contributed by atoms with Gasteiger partial charge in [-0.25, -0.2) is 4.98 Å². The monoisotopic (exact) mass is 274 g/mol. The molecule has 3 rings (SSSR count). The number of nitrogens with zero attached hydrogens (tertiary/aromatic N) is 3. The highest BCUT2D eigenvalue weighted by Crippen LogP contribution is 2.37. The van der Waals surface area contributed by atoms with E-state index in [0.717, 1.165) is 31.7 Å². The Kier molecular flexibility index (Phi) is 3.38. The second kappa shape index (κ2) is 5.05. The molecule has 2 fully saturated rings. The Morgan fingerprint density at radius 3 is 2.75 bits per heavy atom. The molecule has 20 heavy (non-hydrogen) atoms. The SMILES string of the molecule is CN(C)c1ccc(C(=O)N2CC3CCC(N)C3C2)cn1. The molecule has 3 atom stereocenters. The second-order valence-corrected chi connectivity index (χ2v) is 6.17. The van der Waals surface area contributed by atoms with Gasteiger partial charge in [0, 0.05) is 39.4 Å². The molecule has 5 nitrogen and oxygen atoms in total. The van der Waals surface area contributed by atoms with Crippen LogP contribution in [0.1, 0.15) is 23.2 Å². The van der Waals surface area contributed by atoms with Gasteiger partial charge in [0.05, 0.1) is 5.56 Å². The molecular formula is C15H22N4O. The number of carbonyl (C=O) groups excluding carboxylic acids is 1. The molecule has 2 N–H and O–H groups in total. The lowest BCUT2D eigenvalue weighted by Gasteiger charge is -2.19. The molecular weight excluding hydrogens is 252 g/mol. The van der Waals surface area contributed by atoms with Crippen LogP contribution in [0.2, 0.25) is 0 Å². The molecule has 1 amide bonds. The zero-order valence-corrected chi connectivity index (χ0v) is 12.1. The molecule has 5 heteroatoms. The van der Waals surface area contributed by atoms with Crippen LogP contribution in [0.25, 0.3) is 0 Å². The number of aromatic nitrogens is 1. The van der Waals surface area contributed by atoms with Crippen molar-refractivity contribution in [1.82, 2.24) is 9.88 Å². The third-order valence-electron chi connectivity index (χ3n) is 4.65. The standard InChI is InChI=1S/C15H22N4O/c1-18(2)14-6-4-10(7-17-14)15(20)19-8-11-3-5-13(16)12(11)9-19/h4,6-7,11-13H,3,5,8-9,16H2,1-2H3. The molecule has 0 radical (unpaired) electrons. The van der Waals surface area contributed by atoms with Crippen LogP contribution in [0.4, 0.5) is 5.82 Å². The van der Waals surface area contributed by atoms with Crippen LogP contribution in [0.15, 0.2) is 18.3 Å². The normalized spacial score (nSPS) is 28.6. The molecule has 108 valence electrons. The lowest BCUT2D eigenvalue weighted by molar-refractivity contribution is 0.0779. The zero-order valence-electron chi connectivity index (χ0n) is 12.1. The first-order valence-corrected chi connectivity index (χ1v) is 7.24. The van der Waals surface area contributed by atoms with Crippen molar-refractivity contribution in [3.8, 4) is 0 Å². The Labute approximate surface area is 119 Å². The zero-order chi connectivity index (χ0) is 14.3. The van der Waals surface area contributed by atoms with E-state index in [0.29, 0.717) is 17.4 Å². The molecule has 1 aromatic rings. The Morgan fingerprint density at radius 2 is 2.15 bits per heavy atom. The largest absolute Gasteiger partial charge is 0.363 e. The Balaban J connectivity index is 1.70. The number of fused-ring (bicyclic) bond motifs is 1. The number of nitrogens with two attached hydrogens (primary N) is 1. The van der Waals surface area contributed by atoms with Gasteiger partial charge in [0.1, 0.15) is 5.82 Å². The van der Waals surface area contributed by atoms with Crippen molar-refractivity contribution >= 4 is 11.7 Å². The van der Waals surface area contributed by atoms with Gasteiger partial charge in [-0.3, -0.25) is 4.79 Å². The van der Waals surface area contributed by atoms with Gasteiger partial charge in [-0.05, 0) is 36.8 Å². The summed E-state index contributed by atoms with van der Waals surface area (Å²) in [5.41, 5.74) is 6.79. The van der Waals surface area contributed by atoms with E-state index in [-0.39, 0.29) is 11.9 Å². The first-order valence-electron chi connectivity index (χ1n) is 7.24. The first kappa shape index (κ1) is 13.4. The van der Waals surface area contributed by atoms with Crippen molar-refractivity contribution < 1.29 is 4.79 Å². The van der Waals surface area contributed by atoms with E-state index in [2.05, 4.69) is 4.98 Å². The molecule has 1 saturated heterocycles.